The summed E-state index contributed by atoms with van der Waals surface area (Å²) in [6.45, 7) is 8.40. The summed E-state index contributed by atoms with van der Waals surface area (Å²) in [5.41, 5.74) is 6.26. The Morgan fingerprint density at radius 3 is 2.69 bits per heavy atom. The molecule has 0 unspecified atom stereocenters. The molecule has 0 aliphatic carbocycles. The van der Waals surface area contributed by atoms with Crippen molar-refractivity contribution >= 4 is 5.91 Å². The van der Waals surface area contributed by atoms with E-state index >= 15 is 0 Å². The minimum absolute atomic E-state index is 0.152. The molecule has 0 aromatic heterocycles. The van der Waals surface area contributed by atoms with E-state index in [9.17, 15) is 4.79 Å². The minimum atomic E-state index is -0.286. The van der Waals surface area contributed by atoms with Gasteiger partial charge in [0.1, 0.15) is 0 Å². The predicted molar refractivity (Wildman–Crippen MR) is 67.1 cm³/mol. The molecule has 3 nitrogen and oxygen atoms in total. The molecule has 1 atom stereocenters. The van der Waals surface area contributed by atoms with Crippen molar-refractivity contribution in [2.24, 2.45) is 11.1 Å². The fourth-order valence-electron chi connectivity index (χ4n) is 2.31. The average Bonchev–Trinajstić information content (AvgIpc) is 2.39. The monoisotopic (exact) mass is 226 g/mol. The lowest BCUT2D eigenvalue weighted by atomic mass is 9.85. The van der Waals surface area contributed by atoms with Crippen LogP contribution >= 0.6 is 0 Å². The van der Waals surface area contributed by atoms with Gasteiger partial charge in [0.15, 0.2) is 0 Å². The van der Waals surface area contributed by atoms with Crippen LogP contribution in [0.15, 0.2) is 0 Å². The molecule has 0 aromatic rings. The molecule has 3 heteroatoms. The topological polar surface area (TPSA) is 46.3 Å². The zero-order valence-electron chi connectivity index (χ0n) is 11.0. The number of amides is 1. The van der Waals surface area contributed by atoms with Gasteiger partial charge in [-0.3, -0.25) is 4.79 Å². The molecule has 1 rings (SSSR count). The summed E-state index contributed by atoms with van der Waals surface area (Å²) in [7, 11) is 0. The van der Waals surface area contributed by atoms with Gasteiger partial charge >= 0.3 is 0 Å². The van der Waals surface area contributed by atoms with Crippen LogP contribution in [0.25, 0.3) is 0 Å². The molecule has 0 spiro atoms. The highest BCUT2D eigenvalue weighted by Crippen LogP contribution is 2.29. The molecule has 0 radical (unpaired) electrons. The van der Waals surface area contributed by atoms with Crippen molar-refractivity contribution in [3.8, 4) is 0 Å². The van der Waals surface area contributed by atoms with Crippen LogP contribution < -0.4 is 5.73 Å². The first-order valence-corrected chi connectivity index (χ1v) is 6.50. The first kappa shape index (κ1) is 13.5. The molecule has 0 aromatic carbocycles. The van der Waals surface area contributed by atoms with Crippen molar-refractivity contribution in [2.45, 2.75) is 58.9 Å². The third kappa shape index (κ3) is 3.78. The average molecular weight is 226 g/mol. The third-order valence-electron chi connectivity index (χ3n) is 3.57. The lowest BCUT2D eigenvalue weighted by Gasteiger charge is -2.25. The number of carbonyl (C=O) groups is 1. The van der Waals surface area contributed by atoms with Gasteiger partial charge in [-0.1, -0.05) is 27.2 Å². The Kier molecular flexibility index (Phi) is 4.78. The van der Waals surface area contributed by atoms with Crippen molar-refractivity contribution in [3.63, 3.8) is 0 Å². The Morgan fingerprint density at radius 2 is 2.06 bits per heavy atom. The number of hydrogen-bond acceptors (Lipinski definition) is 2. The van der Waals surface area contributed by atoms with E-state index in [1.165, 1.54) is 6.42 Å². The number of carbonyl (C=O) groups excluding carboxylic acids is 1. The second-order valence-corrected chi connectivity index (χ2v) is 5.74. The van der Waals surface area contributed by atoms with E-state index in [-0.39, 0.29) is 11.9 Å². The van der Waals surface area contributed by atoms with Crippen LogP contribution in [0.2, 0.25) is 0 Å². The SMILES string of the molecule is CCC[C@H](N)C(=O)N1CCCC(C)(C)CC1. The fourth-order valence-corrected chi connectivity index (χ4v) is 2.31. The predicted octanol–water partition coefficient (Wildman–Crippen LogP) is 2.15. The molecule has 1 amide bonds. The van der Waals surface area contributed by atoms with Crippen molar-refractivity contribution in [1.82, 2.24) is 4.90 Å². The number of nitrogens with zero attached hydrogens (tertiary/aromatic N) is 1. The van der Waals surface area contributed by atoms with E-state index in [0.717, 1.165) is 38.8 Å². The lowest BCUT2D eigenvalue weighted by Crippen LogP contribution is -2.44. The van der Waals surface area contributed by atoms with Crippen molar-refractivity contribution in [3.05, 3.63) is 0 Å². The second-order valence-electron chi connectivity index (χ2n) is 5.74. The summed E-state index contributed by atoms with van der Waals surface area (Å²) in [5, 5.41) is 0. The van der Waals surface area contributed by atoms with Crippen LogP contribution in [-0.4, -0.2) is 29.9 Å². The quantitative estimate of drug-likeness (QED) is 0.801. The van der Waals surface area contributed by atoms with Crippen LogP contribution in [0.4, 0.5) is 0 Å². The summed E-state index contributed by atoms with van der Waals surface area (Å²) < 4.78 is 0. The minimum Gasteiger partial charge on any atom is -0.341 e. The Labute approximate surface area is 99.4 Å². The van der Waals surface area contributed by atoms with Gasteiger partial charge in [-0.25, -0.2) is 0 Å². The largest absolute Gasteiger partial charge is 0.341 e. The van der Waals surface area contributed by atoms with E-state index in [4.69, 9.17) is 5.73 Å². The van der Waals surface area contributed by atoms with Gasteiger partial charge in [0, 0.05) is 13.1 Å². The van der Waals surface area contributed by atoms with Crippen molar-refractivity contribution in [2.75, 3.05) is 13.1 Å². The molecule has 1 aliphatic heterocycles. The Morgan fingerprint density at radius 1 is 1.38 bits per heavy atom. The van der Waals surface area contributed by atoms with Crippen LogP contribution in [-0.2, 0) is 4.79 Å². The molecular weight excluding hydrogens is 200 g/mol. The Hall–Kier alpha value is -0.570. The molecular formula is C13H26N2O. The van der Waals surface area contributed by atoms with E-state index in [2.05, 4.69) is 20.8 Å². The molecule has 1 heterocycles. The van der Waals surface area contributed by atoms with Gasteiger partial charge in [0.05, 0.1) is 6.04 Å². The molecule has 1 fully saturated rings. The molecule has 0 saturated carbocycles. The molecule has 1 aliphatic rings. The summed E-state index contributed by atoms with van der Waals surface area (Å²) >= 11 is 0. The molecule has 2 N–H and O–H groups in total. The maximum absolute atomic E-state index is 12.1. The smallest absolute Gasteiger partial charge is 0.239 e. The maximum Gasteiger partial charge on any atom is 0.239 e. The van der Waals surface area contributed by atoms with Gasteiger partial charge < -0.3 is 10.6 Å². The standard InChI is InChI=1S/C13H26N2O/c1-4-6-11(14)12(16)15-9-5-7-13(2,3)8-10-15/h11H,4-10,14H2,1-3H3/t11-/m0/s1. The summed E-state index contributed by atoms with van der Waals surface area (Å²) in [6.07, 6.45) is 5.19. The van der Waals surface area contributed by atoms with Crippen LogP contribution in [0.5, 0.6) is 0 Å². The first-order valence-electron chi connectivity index (χ1n) is 6.50. The van der Waals surface area contributed by atoms with E-state index in [1.54, 1.807) is 0 Å². The normalized spacial score (nSPS) is 22.6. The zero-order valence-corrected chi connectivity index (χ0v) is 11.0. The van der Waals surface area contributed by atoms with Gasteiger partial charge in [-0.2, -0.15) is 0 Å². The van der Waals surface area contributed by atoms with Gasteiger partial charge in [-0.15, -0.1) is 0 Å². The van der Waals surface area contributed by atoms with Crippen LogP contribution in [0.3, 0.4) is 0 Å². The number of likely N-dealkylation sites (tertiary alicyclic amines) is 1. The molecule has 0 bridgehead atoms. The summed E-state index contributed by atoms with van der Waals surface area (Å²) in [4.78, 5) is 14.0. The highest BCUT2D eigenvalue weighted by atomic mass is 16.2. The molecule has 16 heavy (non-hydrogen) atoms. The fraction of sp³-hybridized carbons (Fsp3) is 0.923. The third-order valence-corrected chi connectivity index (χ3v) is 3.57. The maximum atomic E-state index is 12.1. The zero-order chi connectivity index (χ0) is 12.2. The summed E-state index contributed by atoms with van der Waals surface area (Å²) in [5.74, 6) is 0.152. The highest BCUT2D eigenvalue weighted by molar-refractivity contribution is 5.81. The van der Waals surface area contributed by atoms with Crippen LogP contribution in [0, 0.1) is 5.41 Å². The Balaban J connectivity index is 2.51. The second kappa shape index (κ2) is 5.67. The van der Waals surface area contributed by atoms with Gasteiger partial charge in [-0.05, 0) is 31.1 Å². The van der Waals surface area contributed by atoms with Gasteiger partial charge in [0.25, 0.3) is 0 Å². The highest BCUT2D eigenvalue weighted by Gasteiger charge is 2.27. The lowest BCUT2D eigenvalue weighted by molar-refractivity contribution is -0.132. The van der Waals surface area contributed by atoms with Gasteiger partial charge in [0.2, 0.25) is 5.91 Å². The van der Waals surface area contributed by atoms with Crippen molar-refractivity contribution < 1.29 is 4.79 Å². The van der Waals surface area contributed by atoms with E-state index < -0.39 is 0 Å². The number of hydrogen-bond donors (Lipinski definition) is 1. The van der Waals surface area contributed by atoms with E-state index in [1.807, 2.05) is 4.90 Å². The summed E-state index contributed by atoms with van der Waals surface area (Å²) in [6, 6.07) is -0.286. The number of rotatable bonds is 3. The van der Waals surface area contributed by atoms with Crippen LogP contribution in [0.1, 0.15) is 52.9 Å². The van der Waals surface area contributed by atoms with E-state index in [0.29, 0.717) is 5.41 Å². The first-order chi connectivity index (χ1) is 7.46. The van der Waals surface area contributed by atoms with Crippen molar-refractivity contribution in [1.29, 1.82) is 0 Å². The Bertz CT molecular complexity index is 238. The number of nitrogens with two attached hydrogens (primary N) is 1. The molecule has 1 saturated heterocycles. The molecule has 94 valence electrons.